The zero-order valence-corrected chi connectivity index (χ0v) is 43.6. The van der Waals surface area contributed by atoms with Gasteiger partial charge in [-0.2, -0.15) is 0 Å². The first kappa shape index (κ1) is 67.9. The number of hydrogen-bond acceptors (Lipinski definition) is 18. The molecule has 438 valence electrons. The molecule has 33 heteroatoms. The minimum Gasteiger partial charge on any atom is -0.481 e. The minimum absolute atomic E-state index is 0.156. The summed E-state index contributed by atoms with van der Waals surface area (Å²) in [6.07, 6.45) is -8.90. The Hall–Kier alpha value is -8.07. The van der Waals surface area contributed by atoms with Gasteiger partial charge < -0.3 is 94.9 Å². The van der Waals surface area contributed by atoms with Crippen molar-refractivity contribution in [3.05, 3.63) is 0 Å². The number of nitrogens with two attached hydrogens (primary N) is 3. The Morgan fingerprint density at radius 2 is 1.09 bits per heavy atom. The lowest BCUT2D eigenvalue weighted by atomic mass is 10.0. The molecule has 0 saturated carbocycles. The Labute approximate surface area is 445 Å². The molecular formula is C45H72N12O21. The van der Waals surface area contributed by atoms with Crippen molar-refractivity contribution in [3.63, 3.8) is 0 Å². The van der Waals surface area contributed by atoms with E-state index >= 15 is 0 Å². The number of β-amino-alcohol motifs (C(OH)–C–C–N with tert-alkyl or cyclic N) is 1. The van der Waals surface area contributed by atoms with Gasteiger partial charge in [-0.3, -0.25) is 67.1 Å². The van der Waals surface area contributed by atoms with Crippen LogP contribution in [0.3, 0.4) is 0 Å². The molecule has 11 atom stereocenters. The first-order valence-electron chi connectivity index (χ1n) is 24.4. The number of nitrogens with one attached hydrogen (secondary N) is 7. The van der Waals surface area contributed by atoms with Crippen molar-refractivity contribution in [1.82, 2.24) is 47.0 Å². The van der Waals surface area contributed by atoms with Gasteiger partial charge in [0.25, 0.3) is 0 Å². The summed E-state index contributed by atoms with van der Waals surface area (Å²) in [5.74, 6) is -18.0. The highest BCUT2D eigenvalue weighted by atomic mass is 16.4. The molecule has 1 aliphatic rings. The first-order chi connectivity index (χ1) is 36.2. The van der Waals surface area contributed by atoms with Gasteiger partial charge in [0.05, 0.1) is 25.2 Å². The number of carboxylic acids is 4. The van der Waals surface area contributed by atoms with Crippen LogP contribution < -0.4 is 54.4 Å². The molecule has 0 aromatic heterocycles. The number of rotatable bonds is 35. The van der Waals surface area contributed by atoms with E-state index in [4.69, 9.17) is 22.3 Å². The Bertz CT molecular complexity index is 2250. The van der Waals surface area contributed by atoms with Crippen molar-refractivity contribution in [2.45, 2.75) is 165 Å². The van der Waals surface area contributed by atoms with E-state index in [-0.39, 0.29) is 12.3 Å². The second-order valence-corrected chi connectivity index (χ2v) is 18.9. The van der Waals surface area contributed by atoms with Gasteiger partial charge in [0.1, 0.15) is 54.4 Å². The molecule has 1 heterocycles. The third-order valence-corrected chi connectivity index (χ3v) is 11.8. The monoisotopic (exact) mass is 1120 g/mol. The molecule has 19 N–H and O–H groups in total. The Morgan fingerprint density at radius 1 is 0.603 bits per heavy atom. The molecule has 0 aliphatic carbocycles. The van der Waals surface area contributed by atoms with E-state index < -0.39 is 233 Å². The van der Waals surface area contributed by atoms with Crippen LogP contribution in [-0.2, 0) is 71.9 Å². The number of primary amides is 2. The highest BCUT2D eigenvalue weighted by Crippen LogP contribution is 2.22. The maximum atomic E-state index is 14.2. The standard InChI is InChI=1S/C45H72N12O21/c1-19(2)14-27(43(75)57-18-22(59)15-29(57)42(74)54-26(16-31(47)61)40(72)53-25(45(77)78)8-12-34(65)66)55-39(71)24(7-11-33(63)64)51-37(69)20(3)50-32(62)17-49-38(70)23(6-10-30(46)60)52-41(73)28(9-13-35(67)68)56(5)44(76)36(48)21(4)58/h19-29,36,58-59H,6-18,48H2,1-5H3,(H2,46,60)(H2,47,61)(H,49,70)(H,50,62)(H,51,69)(H,52,73)(H,53,72)(H,54,74)(H,55,71)(H,63,64)(H,65,66)(H,67,68)(H,77,78)/t20-,21+,22+,23-,24-,25-,26+,27-,28-,29-,36-/m0/s1. The van der Waals surface area contributed by atoms with E-state index in [0.717, 1.165) is 23.8 Å². The number of carbonyl (C=O) groups is 15. The SMILES string of the molecule is CC(C)C[C@H](NC(=O)[C@H](CCC(=O)O)NC(=O)[C@H](C)NC(=O)CNC(=O)[C@H](CCC(N)=O)NC(=O)[C@H](CCC(=O)O)N(C)C(=O)[C@@H](N)[C@@H](C)O)C(=O)N1C[C@H](O)C[C@H]1C(=O)N[C@H](CC(N)=O)C(=O)N[C@@H](CCC(=O)O)C(=O)O. The van der Waals surface area contributed by atoms with Crippen LogP contribution in [0.15, 0.2) is 0 Å². The van der Waals surface area contributed by atoms with Gasteiger partial charge in [-0.25, -0.2) is 4.79 Å². The second kappa shape index (κ2) is 32.5. The van der Waals surface area contributed by atoms with Crippen molar-refractivity contribution in [3.8, 4) is 0 Å². The number of carboxylic acid groups (broad SMARTS) is 4. The van der Waals surface area contributed by atoms with Crippen LogP contribution in [0.5, 0.6) is 0 Å². The Balaban J connectivity index is 3.29. The lowest BCUT2D eigenvalue weighted by Crippen LogP contribution is -2.59. The van der Waals surface area contributed by atoms with Crippen LogP contribution in [-0.4, -0.2) is 216 Å². The fourth-order valence-corrected chi connectivity index (χ4v) is 7.61. The van der Waals surface area contributed by atoms with Gasteiger partial charge in [-0.1, -0.05) is 13.8 Å². The Kier molecular flexibility index (Phi) is 28.3. The maximum absolute atomic E-state index is 14.2. The molecule has 1 fully saturated rings. The number of nitrogens with zero attached hydrogens (tertiary/aromatic N) is 2. The normalized spacial score (nSPS) is 17.4. The molecule has 1 aliphatic heterocycles. The number of amides is 11. The second-order valence-electron chi connectivity index (χ2n) is 18.9. The number of likely N-dealkylation sites (tertiary alicyclic amines) is 1. The largest absolute Gasteiger partial charge is 0.481 e. The smallest absolute Gasteiger partial charge is 0.326 e. The zero-order valence-electron chi connectivity index (χ0n) is 43.6. The highest BCUT2D eigenvalue weighted by molar-refractivity contribution is 5.99. The van der Waals surface area contributed by atoms with Crippen LogP contribution in [0.25, 0.3) is 0 Å². The molecular weight excluding hydrogens is 1040 g/mol. The van der Waals surface area contributed by atoms with Gasteiger partial charge in [0, 0.05) is 45.7 Å². The summed E-state index contributed by atoms with van der Waals surface area (Å²) < 4.78 is 0. The number of aliphatic hydroxyl groups excluding tert-OH is 2. The van der Waals surface area contributed by atoms with Crippen LogP contribution in [0.2, 0.25) is 0 Å². The van der Waals surface area contributed by atoms with E-state index in [1.54, 1.807) is 13.8 Å². The summed E-state index contributed by atoms with van der Waals surface area (Å²) in [5, 5.41) is 73.2. The molecule has 0 aromatic rings. The average molecular weight is 1120 g/mol. The van der Waals surface area contributed by atoms with Crippen LogP contribution >= 0.6 is 0 Å². The summed E-state index contributed by atoms with van der Waals surface area (Å²) in [6, 6.07) is -14.7. The third kappa shape index (κ3) is 23.9. The van der Waals surface area contributed by atoms with E-state index in [0.29, 0.717) is 0 Å². The number of carbonyl (C=O) groups excluding carboxylic acids is 11. The molecule has 1 rings (SSSR count). The van der Waals surface area contributed by atoms with Crippen molar-refractivity contribution in [2.75, 3.05) is 20.1 Å². The van der Waals surface area contributed by atoms with Gasteiger partial charge in [-0.15, -0.1) is 0 Å². The average Bonchev–Trinajstić information content (AvgIpc) is 3.73. The predicted molar refractivity (Wildman–Crippen MR) is 263 cm³/mol. The molecule has 0 radical (unpaired) electrons. The lowest BCUT2D eigenvalue weighted by molar-refractivity contribution is -0.144. The number of likely N-dealkylation sites (N-methyl/N-ethyl adjacent to an activating group) is 1. The third-order valence-electron chi connectivity index (χ3n) is 11.8. The van der Waals surface area contributed by atoms with Gasteiger partial charge in [0.15, 0.2) is 0 Å². The van der Waals surface area contributed by atoms with Gasteiger partial charge in [0.2, 0.25) is 65.0 Å². The summed E-state index contributed by atoms with van der Waals surface area (Å²) in [4.78, 5) is 192. The molecule has 0 unspecified atom stereocenters. The van der Waals surface area contributed by atoms with Crippen molar-refractivity contribution >= 4 is 88.9 Å². The molecule has 0 spiro atoms. The predicted octanol–water partition coefficient (Wildman–Crippen LogP) is -7.61. The molecule has 11 amide bonds. The van der Waals surface area contributed by atoms with Crippen molar-refractivity contribution in [2.24, 2.45) is 23.1 Å². The number of aliphatic hydroxyl groups is 2. The van der Waals surface area contributed by atoms with E-state index in [9.17, 15) is 97.5 Å². The van der Waals surface area contributed by atoms with Crippen LogP contribution in [0.4, 0.5) is 0 Å². The molecule has 0 aromatic carbocycles. The van der Waals surface area contributed by atoms with Gasteiger partial charge >= 0.3 is 23.9 Å². The summed E-state index contributed by atoms with van der Waals surface area (Å²) in [6.45, 7) is 4.19. The summed E-state index contributed by atoms with van der Waals surface area (Å²) >= 11 is 0. The van der Waals surface area contributed by atoms with E-state index in [1.165, 1.54) is 6.92 Å². The van der Waals surface area contributed by atoms with E-state index in [1.807, 2.05) is 5.32 Å². The summed E-state index contributed by atoms with van der Waals surface area (Å²) in [5.41, 5.74) is 16.2. The molecule has 0 bridgehead atoms. The Morgan fingerprint density at radius 3 is 1.60 bits per heavy atom. The van der Waals surface area contributed by atoms with Crippen LogP contribution in [0, 0.1) is 5.92 Å². The topological polar surface area (TPSA) is 546 Å². The fourth-order valence-electron chi connectivity index (χ4n) is 7.61. The van der Waals surface area contributed by atoms with Crippen molar-refractivity contribution in [1.29, 1.82) is 0 Å². The lowest BCUT2D eigenvalue weighted by Gasteiger charge is -2.31. The summed E-state index contributed by atoms with van der Waals surface area (Å²) in [7, 11) is 1.10. The van der Waals surface area contributed by atoms with Crippen LogP contribution in [0.1, 0.15) is 98.3 Å². The molecule has 33 nitrogen and oxygen atoms in total. The minimum atomic E-state index is -1.85. The maximum Gasteiger partial charge on any atom is 0.326 e. The fraction of sp³-hybridized carbons (Fsp3) is 0.667. The number of aliphatic carboxylic acids is 4. The zero-order chi connectivity index (χ0) is 59.9. The van der Waals surface area contributed by atoms with Gasteiger partial charge in [-0.05, 0) is 51.9 Å². The highest BCUT2D eigenvalue weighted by Gasteiger charge is 2.44. The molecule has 78 heavy (non-hydrogen) atoms. The number of hydrogen-bond donors (Lipinski definition) is 16. The van der Waals surface area contributed by atoms with Crippen molar-refractivity contribution < 1.29 is 103 Å². The first-order valence-corrected chi connectivity index (χ1v) is 24.4. The quantitative estimate of drug-likeness (QED) is 0.0280. The van der Waals surface area contributed by atoms with E-state index in [2.05, 4.69) is 31.9 Å². The molecule has 1 saturated heterocycles.